The predicted molar refractivity (Wildman–Crippen MR) is 321 cm³/mol. The van der Waals surface area contributed by atoms with E-state index in [1.165, 1.54) is 38.9 Å². The van der Waals surface area contributed by atoms with Crippen LogP contribution in [0.15, 0.2) is 207 Å². The van der Waals surface area contributed by atoms with Crippen molar-refractivity contribution in [3.8, 4) is 39.8 Å². The van der Waals surface area contributed by atoms with E-state index >= 15 is 0 Å². The van der Waals surface area contributed by atoms with Crippen LogP contribution in [0.5, 0.6) is 11.5 Å². The van der Waals surface area contributed by atoms with Gasteiger partial charge in [-0.25, -0.2) is 4.98 Å². The van der Waals surface area contributed by atoms with Gasteiger partial charge in [0.2, 0.25) is 0 Å². The first-order chi connectivity index (χ1) is 37.2. The third kappa shape index (κ3) is 10.6. The van der Waals surface area contributed by atoms with Crippen LogP contribution in [0.3, 0.4) is 0 Å². The Morgan fingerprint density at radius 2 is 0.987 bits per heavy atom. The summed E-state index contributed by atoms with van der Waals surface area (Å²) in [6.07, 6.45) is 8.07. The maximum absolute atomic E-state index is 7.11. The Hall–Kier alpha value is -7.59. The summed E-state index contributed by atoms with van der Waals surface area (Å²) >= 11 is 0. The van der Waals surface area contributed by atoms with Crippen molar-refractivity contribution >= 4 is 21.8 Å². The molecule has 0 amide bonds. The van der Waals surface area contributed by atoms with Crippen LogP contribution in [0, 0.1) is 18.5 Å². The minimum atomic E-state index is -0.413. The molecule has 0 fully saturated rings. The molecule has 0 radical (unpaired) electrons. The van der Waals surface area contributed by atoms with Crippen molar-refractivity contribution in [2.75, 3.05) is 0 Å². The first-order valence-corrected chi connectivity index (χ1v) is 27.4. The summed E-state index contributed by atoms with van der Waals surface area (Å²) in [5.41, 5.74) is 14.3. The smallest absolute Gasteiger partial charge is 0.267 e. The van der Waals surface area contributed by atoms with Gasteiger partial charge in [0, 0.05) is 61.3 Å². The monoisotopic (exact) mass is 1210 g/mol. The van der Waals surface area contributed by atoms with Gasteiger partial charge in [-0.05, 0) is 102 Å². The molecule has 0 bridgehead atoms. The Balaban J connectivity index is 0.00000704. The van der Waals surface area contributed by atoms with Crippen LogP contribution in [-0.2, 0) is 48.1 Å². The number of ether oxygens (including phenoxy) is 1. The Morgan fingerprint density at radius 1 is 0.443 bits per heavy atom. The number of benzene rings is 8. The number of fused-ring (bicyclic) bond motifs is 3. The Kier molecular flexibility index (Phi) is 14.5. The second kappa shape index (κ2) is 20.9. The number of hydrogen-bond donors (Lipinski definition) is 0. The largest absolute Gasteiger partial charge is 0.510 e. The third-order valence-corrected chi connectivity index (χ3v) is 16.2. The van der Waals surface area contributed by atoms with Crippen LogP contribution in [0.4, 0.5) is 0 Å². The molecule has 400 valence electrons. The molecule has 0 aliphatic heterocycles. The van der Waals surface area contributed by atoms with Crippen LogP contribution in [0.1, 0.15) is 128 Å². The van der Waals surface area contributed by atoms with E-state index in [-0.39, 0.29) is 42.7 Å². The van der Waals surface area contributed by atoms with Gasteiger partial charge in [0.15, 0.2) is 0 Å². The topological polar surface area (TPSA) is 35.9 Å². The average molecular weight is 1210 g/mol. The quantitative estimate of drug-likeness (QED) is 0.0903. The molecule has 0 atom stereocenters. The second-order valence-electron chi connectivity index (χ2n) is 24.7. The maximum atomic E-state index is 7.11. The number of pyridine rings is 1. The van der Waals surface area contributed by atoms with E-state index in [0.717, 1.165) is 55.8 Å². The summed E-state index contributed by atoms with van der Waals surface area (Å²) in [6.45, 7) is 27.4. The van der Waals surface area contributed by atoms with Crippen LogP contribution >= 0.6 is 0 Å². The molecule has 11 rings (SSSR count). The molecule has 79 heavy (non-hydrogen) atoms. The van der Waals surface area contributed by atoms with Gasteiger partial charge in [-0.2, -0.15) is 12.1 Å². The van der Waals surface area contributed by atoms with Crippen LogP contribution < -0.4 is 9.30 Å². The molecule has 0 saturated heterocycles. The maximum Gasteiger partial charge on any atom is 0.267 e. The van der Waals surface area contributed by atoms with Crippen molar-refractivity contribution in [1.82, 2.24) is 14.1 Å². The molecular formula is C73H70N4OPt-2. The van der Waals surface area contributed by atoms with E-state index in [0.29, 0.717) is 11.5 Å². The SMILES string of the molecule is CC(C)(C)c1ccnc(-n2c3[c-]c(Oc4[c-]c(-n5[c-][n+](-c6cc(C(C)(C)c7ccccc7)cc(C(C)(C)c7ccccc7)c6)cc5C(C)(C)C)cc(C(C)(C)c5ccccc5)c4)ccc3c3cc(-c4ccccc4)ccc32)c1.[Pt]. The standard InChI is InChI=1S/C73H70N4O.Pt/c1-69(2,3)55-37-38-74-68(45-55)77-65-36-33-51(50-25-17-13-18-26-50)39-64(65)63-35-34-61(47-66(63)77)78-62-44-58(73(11,12)54-31-23-16-24-32-54)43-60(46-62)76-49-75(48-67(76)70(4,5)6)59-41-56(71(7,8)52-27-19-14-20-28-52)40-57(42-59)72(9,10)53-29-21-15-22-30-53;/h13-45,48H,1-12H3;/q-2;. The molecule has 3 heterocycles. The van der Waals surface area contributed by atoms with E-state index in [1.54, 1.807) is 0 Å². The zero-order valence-corrected chi connectivity index (χ0v) is 49.9. The summed E-state index contributed by atoms with van der Waals surface area (Å²) in [6, 6.07) is 77.3. The Bertz CT molecular complexity index is 3900. The van der Waals surface area contributed by atoms with E-state index in [1.807, 2.05) is 12.3 Å². The van der Waals surface area contributed by atoms with Crippen LogP contribution in [0.25, 0.3) is 50.1 Å². The fourth-order valence-electron chi connectivity index (χ4n) is 11.0. The van der Waals surface area contributed by atoms with Gasteiger partial charge in [0.1, 0.15) is 5.82 Å². The number of imidazole rings is 1. The molecule has 8 aromatic carbocycles. The summed E-state index contributed by atoms with van der Waals surface area (Å²) < 4.78 is 13.7. The molecule has 0 aliphatic carbocycles. The Morgan fingerprint density at radius 3 is 1.53 bits per heavy atom. The second-order valence-corrected chi connectivity index (χ2v) is 24.7. The minimum absolute atomic E-state index is 0. The summed E-state index contributed by atoms with van der Waals surface area (Å²) in [4.78, 5) is 5.00. The normalized spacial score (nSPS) is 12.5. The first-order valence-electron chi connectivity index (χ1n) is 27.4. The molecule has 11 aromatic rings. The van der Waals surface area contributed by atoms with Crippen molar-refractivity contribution in [2.45, 2.75) is 110 Å². The number of aromatic nitrogens is 4. The fourth-order valence-corrected chi connectivity index (χ4v) is 11.0. The van der Waals surface area contributed by atoms with Gasteiger partial charge in [-0.15, -0.1) is 35.2 Å². The average Bonchev–Trinajstić information content (AvgIpc) is 4.27. The van der Waals surface area contributed by atoms with Crippen molar-refractivity contribution < 1.29 is 30.4 Å². The zero-order valence-electron chi connectivity index (χ0n) is 47.6. The van der Waals surface area contributed by atoms with Gasteiger partial charge >= 0.3 is 0 Å². The van der Waals surface area contributed by atoms with E-state index in [4.69, 9.17) is 9.72 Å². The number of hydrogen-bond acceptors (Lipinski definition) is 2. The number of nitrogens with zero attached hydrogens (tertiary/aromatic N) is 4. The molecule has 3 aromatic heterocycles. The summed E-state index contributed by atoms with van der Waals surface area (Å²) in [5, 5.41) is 2.18. The molecule has 0 aliphatic rings. The molecule has 6 heteroatoms. The van der Waals surface area contributed by atoms with Crippen molar-refractivity contribution in [2.24, 2.45) is 0 Å². The van der Waals surface area contributed by atoms with E-state index in [9.17, 15) is 0 Å². The number of rotatable bonds is 12. The fraction of sp³-hybridized carbons (Fsp3) is 0.233. The molecule has 0 unspecified atom stereocenters. The van der Waals surface area contributed by atoms with Crippen LogP contribution in [-0.4, -0.2) is 14.1 Å². The Labute approximate surface area is 482 Å². The van der Waals surface area contributed by atoms with Crippen molar-refractivity contribution in [3.05, 3.63) is 270 Å². The third-order valence-electron chi connectivity index (χ3n) is 16.2. The van der Waals surface area contributed by atoms with Crippen LogP contribution in [0.2, 0.25) is 0 Å². The molecule has 0 spiro atoms. The van der Waals surface area contributed by atoms with Gasteiger partial charge in [0.25, 0.3) is 6.33 Å². The zero-order chi connectivity index (χ0) is 54.8. The van der Waals surface area contributed by atoms with E-state index < -0.39 is 5.41 Å². The van der Waals surface area contributed by atoms with Crippen molar-refractivity contribution in [1.29, 1.82) is 0 Å². The molecule has 5 nitrogen and oxygen atoms in total. The first kappa shape index (κ1) is 54.8. The van der Waals surface area contributed by atoms with Crippen molar-refractivity contribution in [3.63, 3.8) is 0 Å². The summed E-state index contributed by atoms with van der Waals surface area (Å²) in [7, 11) is 0. The minimum Gasteiger partial charge on any atom is -0.510 e. The molecular weight excluding hydrogens is 1140 g/mol. The molecule has 0 N–H and O–H groups in total. The molecule has 0 saturated carbocycles. The van der Waals surface area contributed by atoms with E-state index in [2.05, 4.69) is 310 Å². The predicted octanol–water partition coefficient (Wildman–Crippen LogP) is 17.7. The summed E-state index contributed by atoms with van der Waals surface area (Å²) in [5.74, 6) is 1.99. The van der Waals surface area contributed by atoms with Gasteiger partial charge < -0.3 is 13.9 Å². The van der Waals surface area contributed by atoms with Gasteiger partial charge in [-0.3, -0.25) is 4.57 Å². The van der Waals surface area contributed by atoms with Gasteiger partial charge in [0.05, 0.1) is 11.4 Å². The van der Waals surface area contributed by atoms with Gasteiger partial charge in [-0.1, -0.05) is 228 Å².